The maximum Gasteiger partial charge on any atom is 0.308 e. The SMILES string of the molecule is CC(=O)Oc1ccc2c(=O)n(C)sc2c1. The number of esters is 1. The van der Waals surface area contributed by atoms with Gasteiger partial charge in [0, 0.05) is 20.0 Å². The highest BCUT2D eigenvalue weighted by atomic mass is 32.1. The van der Waals surface area contributed by atoms with Crippen LogP contribution >= 0.6 is 11.5 Å². The van der Waals surface area contributed by atoms with Crippen LogP contribution in [0.2, 0.25) is 0 Å². The largest absolute Gasteiger partial charge is 0.427 e. The van der Waals surface area contributed by atoms with Crippen LogP contribution in [0.15, 0.2) is 23.0 Å². The average molecular weight is 223 g/mol. The molecular formula is C10H9NO3S. The Kier molecular flexibility index (Phi) is 2.32. The lowest BCUT2D eigenvalue weighted by Gasteiger charge is -1.98. The number of fused-ring (bicyclic) bond motifs is 1. The van der Waals surface area contributed by atoms with E-state index in [0.717, 1.165) is 4.70 Å². The molecule has 1 heterocycles. The highest BCUT2D eigenvalue weighted by Gasteiger charge is 2.06. The van der Waals surface area contributed by atoms with Crippen LogP contribution in [0.1, 0.15) is 6.92 Å². The topological polar surface area (TPSA) is 48.3 Å². The first kappa shape index (κ1) is 9.92. The van der Waals surface area contributed by atoms with E-state index >= 15 is 0 Å². The molecule has 0 bridgehead atoms. The van der Waals surface area contributed by atoms with E-state index in [-0.39, 0.29) is 11.5 Å². The van der Waals surface area contributed by atoms with Crippen LogP contribution in [0, 0.1) is 0 Å². The molecule has 78 valence electrons. The van der Waals surface area contributed by atoms with Crippen molar-refractivity contribution in [2.24, 2.45) is 7.05 Å². The number of aryl methyl sites for hydroxylation is 1. The highest BCUT2D eigenvalue weighted by molar-refractivity contribution is 7.13. The summed E-state index contributed by atoms with van der Waals surface area (Å²) in [5, 5.41) is 0.651. The summed E-state index contributed by atoms with van der Waals surface area (Å²) in [5.41, 5.74) is -0.0237. The Labute approximate surface area is 89.9 Å². The number of rotatable bonds is 1. The first-order valence-corrected chi connectivity index (χ1v) is 5.14. The number of benzene rings is 1. The van der Waals surface area contributed by atoms with Gasteiger partial charge in [-0.25, -0.2) is 0 Å². The summed E-state index contributed by atoms with van der Waals surface area (Å²) in [7, 11) is 1.71. The molecule has 0 saturated carbocycles. The minimum Gasteiger partial charge on any atom is -0.427 e. The van der Waals surface area contributed by atoms with Gasteiger partial charge in [-0.3, -0.25) is 13.5 Å². The van der Waals surface area contributed by atoms with Crippen LogP contribution in [0.5, 0.6) is 5.75 Å². The molecule has 5 heteroatoms. The third-order valence-corrected chi connectivity index (χ3v) is 2.94. The zero-order valence-corrected chi connectivity index (χ0v) is 9.13. The number of carbonyl (C=O) groups excluding carboxylic acids is 1. The Morgan fingerprint density at radius 1 is 1.47 bits per heavy atom. The number of hydrogen-bond acceptors (Lipinski definition) is 4. The number of ether oxygens (including phenoxy) is 1. The third-order valence-electron chi connectivity index (χ3n) is 1.97. The van der Waals surface area contributed by atoms with Crippen molar-refractivity contribution >= 4 is 27.6 Å². The Bertz CT molecular complexity index is 582. The van der Waals surface area contributed by atoms with Crippen molar-refractivity contribution in [2.75, 3.05) is 0 Å². The molecule has 0 aliphatic carbocycles. The molecule has 2 aromatic rings. The standard InChI is InChI=1S/C10H9NO3S/c1-6(12)14-7-3-4-8-9(5-7)15-11(2)10(8)13/h3-5H,1-2H3. The Morgan fingerprint density at radius 2 is 2.20 bits per heavy atom. The van der Waals surface area contributed by atoms with E-state index in [9.17, 15) is 9.59 Å². The average Bonchev–Trinajstić information content (AvgIpc) is 2.41. The minimum atomic E-state index is -0.363. The maximum absolute atomic E-state index is 11.5. The quantitative estimate of drug-likeness (QED) is 0.544. The molecule has 1 aromatic heterocycles. The second kappa shape index (κ2) is 3.51. The van der Waals surface area contributed by atoms with E-state index in [1.807, 2.05) is 0 Å². The second-order valence-corrected chi connectivity index (χ2v) is 4.32. The molecule has 0 N–H and O–H groups in total. The van der Waals surface area contributed by atoms with E-state index < -0.39 is 0 Å². The fraction of sp³-hybridized carbons (Fsp3) is 0.200. The third kappa shape index (κ3) is 1.78. The van der Waals surface area contributed by atoms with Gasteiger partial charge in [0.2, 0.25) is 0 Å². The summed E-state index contributed by atoms with van der Waals surface area (Å²) in [6, 6.07) is 4.99. The molecule has 0 fully saturated rings. The van der Waals surface area contributed by atoms with Gasteiger partial charge in [-0.15, -0.1) is 0 Å². The summed E-state index contributed by atoms with van der Waals surface area (Å²) in [5.74, 6) is 0.106. The summed E-state index contributed by atoms with van der Waals surface area (Å²) in [4.78, 5) is 22.3. The predicted octanol–water partition coefficient (Wildman–Crippen LogP) is 1.53. The summed E-state index contributed by atoms with van der Waals surface area (Å²) < 4.78 is 7.29. The van der Waals surface area contributed by atoms with E-state index in [0.29, 0.717) is 11.1 Å². The number of aromatic nitrogens is 1. The van der Waals surface area contributed by atoms with Crippen LogP contribution in [0.25, 0.3) is 10.1 Å². The van der Waals surface area contributed by atoms with Gasteiger partial charge in [-0.2, -0.15) is 0 Å². The van der Waals surface area contributed by atoms with E-state index in [2.05, 4.69) is 0 Å². The van der Waals surface area contributed by atoms with Gasteiger partial charge in [-0.1, -0.05) is 11.5 Å². The fourth-order valence-corrected chi connectivity index (χ4v) is 2.24. The summed E-state index contributed by atoms with van der Waals surface area (Å²) in [6.45, 7) is 1.34. The lowest BCUT2D eigenvalue weighted by molar-refractivity contribution is -0.131. The van der Waals surface area contributed by atoms with Gasteiger partial charge in [0.25, 0.3) is 5.56 Å². The van der Waals surface area contributed by atoms with Gasteiger partial charge in [-0.05, 0) is 12.1 Å². The number of nitrogens with zero attached hydrogens (tertiary/aromatic N) is 1. The van der Waals surface area contributed by atoms with Crippen LogP contribution in [0.3, 0.4) is 0 Å². The zero-order chi connectivity index (χ0) is 11.0. The Morgan fingerprint density at radius 3 is 2.87 bits per heavy atom. The van der Waals surface area contributed by atoms with Crippen LogP contribution in [0.4, 0.5) is 0 Å². The normalized spacial score (nSPS) is 10.5. The zero-order valence-electron chi connectivity index (χ0n) is 8.31. The minimum absolute atomic E-state index is 0.0237. The molecule has 2 rings (SSSR count). The van der Waals surface area contributed by atoms with Gasteiger partial charge >= 0.3 is 5.97 Å². The smallest absolute Gasteiger partial charge is 0.308 e. The Balaban J connectivity index is 2.57. The van der Waals surface area contributed by atoms with Crippen molar-refractivity contribution in [3.05, 3.63) is 28.6 Å². The maximum atomic E-state index is 11.5. The molecule has 0 amide bonds. The van der Waals surface area contributed by atoms with Crippen molar-refractivity contribution in [1.29, 1.82) is 0 Å². The van der Waals surface area contributed by atoms with Crippen LogP contribution in [-0.4, -0.2) is 9.93 Å². The lowest BCUT2D eigenvalue weighted by Crippen LogP contribution is -2.07. The fourth-order valence-electron chi connectivity index (χ4n) is 1.34. The lowest BCUT2D eigenvalue weighted by atomic mass is 10.2. The van der Waals surface area contributed by atoms with Gasteiger partial charge in [0.05, 0.1) is 10.1 Å². The van der Waals surface area contributed by atoms with Crippen molar-refractivity contribution in [3.63, 3.8) is 0 Å². The molecule has 0 radical (unpaired) electrons. The monoisotopic (exact) mass is 223 g/mol. The first-order chi connectivity index (χ1) is 7.08. The van der Waals surface area contributed by atoms with E-state index in [4.69, 9.17) is 4.74 Å². The molecular weight excluding hydrogens is 214 g/mol. The van der Waals surface area contributed by atoms with E-state index in [1.165, 1.54) is 18.5 Å². The molecule has 15 heavy (non-hydrogen) atoms. The molecule has 1 aromatic carbocycles. The van der Waals surface area contributed by atoms with Crippen LogP contribution < -0.4 is 10.3 Å². The number of hydrogen-bond donors (Lipinski definition) is 0. The van der Waals surface area contributed by atoms with Crippen molar-refractivity contribution in [2.45, 2.75) is 6.92 Å². The molecule has 0 aliphatic rings. The van der Waals surface area contributed by atoms with Crippen molar-refractivity contribution < 1.29 is 9.53 Å². The molecule has 0 saturated heterocycles. The number of carbonyl (C=O) groups is 1. The van der Waals surface area contributed by atoms with Gasteiger partial charge in [0.15, 0.2) is 0 Å². The molecule has 0 spiro atoms. The second-order valence-electron chi connectivity index (χ2n) is 3.15. The molecule has 0 unspecified atom stereocenters. The van der Waals surface area contributed by atoms with E-state index in [1.54, 1.807) is 29.2 Å². The first-order valence-electron chi connectivity index (χ1n) is 4.36. The summed E-state index contributed by atoms with van der Waals surface area (Å²) >= 11 is 1.33. The van der Waals surface area contributed by atoms with Gasteiger partial charge in [0.1, 0.15) is 5.75 Å². The van der Waals surface area contributed by atoms with Gasteiger partial charge < -0.3 is 4.74 Å². The molecule has 4 nitrogen and oxygen atoms in total. The highest BCUT2D eigenvalue weighted by Crippen LogP contribution is 2.22. The van der Waals surface area contributed by atoms with Crippen molar-refractivity contribution in [1.82, 2.24) is 3.96 Å². The molecule has 0 aliphatic heterocycles. The molecule has 0 atom stereocenters. The van der Waals surface area contributed by atoms with Crippen molar-refractivity contribution in [3.8, 4) is 5.75 Å². The predicted molar refractivity (Wildman–Crippen MR) is 58.4 cm³/mol. The van der Waals surface area contributed by atoms with Crippen LogP contribution in [-0.2, 0) is 11.8 Å². The Hall–Kier alpha value is -1.62. The summed E-state index contributed by atoms with van der Waals surface area (Å²) in [6.07, 6.45) is 0.